The molecule has 1 aromatic rings. The van der Waals surface area contributed by atoms with E-state index in [1.807, 2.05) is 30.3 Å². The Morgan fingerprint density at radius 3 is 2.70 bits per heavy atom. The van der Waals surface area contributed by atoms with Crippen LogP contribution < -0.4 is 0 Å². The van der Waals surface area contributed by atoms with Crippen molar-refractivity contribution < 1.29 is 18.9 Å². The summed E-state index contributed by atoms with van der Waals surface area (Å²) < 4.78 is 23.7. The fourth-order valence-electron chi connectivity index (χ4n) is 2.90. The van der Waals surface area contributed by atoms with Crippen molar-refractivity contribution in [3.05, 3.63) is 35.9 Å². The molecule has 0 aromatic heterocycles. The zero-order chi connectivity index (χ0) is 13.5. The molecule has 0 amide bonds. The van der Waals surface area contributed by atoms with Gasteiger partial charge in [0.25, 0.3) is 0 Å². The lowest BCUT2D eigenvalue weighted by Gasteiger charge is -2.39. The van der Waals surface area contributed by atoms with E-state index >= 15 is 0 Å². The molecule has 3 fully saturated rings. The number of benzene rings is 1. The quantitative estimate of drug-likeness (QED) is 0.800. The van der Waals surface area contributed by atoms with Crippen LogP contribution in [0.2, 0.25) is 0 Å². The van der Waals surface area contributed by atoms with Gasteiger partial charge in [-0.05, 0) is 5.75 Å². The average molecular weight is 294 g/mol. The zero-order valence-electron chi connectivity index (χ0n) is 11.3. The van der Waals surface area contributed by atoms with Crippen molar-refractivity contribution in [2.45, 2.75) is 43.1 Å². The Hall–Kier alpha value is -0.590. The Bertz CT molecular complexity index is 468. The van der Waals surface area contributed by atoms with E-state index in [2.05, 4.69) is 6.92 Å². The summed E-state index contributed by atoms with van der Waals surface area (Å²) in [5.41, 5.74) is 1.18. The topological polar surface area (TPSA) is 40.2 Å². The summed E-state index contributed by atoms with van der Waals surface area (Å²) in [5.74, 6) is 1.03. The van der Waals surface area contributed by atoms with Crippen molar-refractivity contribution in [3.63, 3.8) is 0 Å². The van der Waals surface area contributed by atoms with Crippen LogP contribution in [0.3, 0.4) is 0 Å². The Morgan fingerprint density at radius 2 is 1.90 bits per heavy atom. The first kappa shape index (κ1) is 13.1. The molecule has 0 saturated carbocycles. The van der Waals surface area contributed by atoms with Crippen LogP contribution in [0.25, 0.3) is 0 Å². The maximum absolute atomic E-state index is 6.08. The van der Waals surface area contributed by atoms with Crippen LogP contribution in [0, 0.1) is 0 Å². The first-order chi connectivity index (χ1) is 9.86. The normalized spacial score (nSPS) is 42.6. The van der Waals surface area contributed by atoms with Crippen LogP contribution in [0.15, 0.2) is 30.3 Å². The maximum atomic E-state index is 6.08. The van der Waals surface area contributed by atoms with Crippen LogP contribution in [0.1, 0.15) is 18.8 Å². The molecule has 20 heavy (non-hydrogen) atoms. The van der Waals surface area contributed by atoms with Crippen molar-refractivity contribution in [2.75, 3.05) is 12.4 Å². The summed E-state index contributed by atoms with van der Waals surface area (Å²) in [5, 5.41) is 0. The molecule has 1 unspecified atom stereocenters. The molecular weight excluding hydrogens is 276 g/mol. The predicted octanol–water partition coefficient (Wildman–Crippen LogP) is 2.35. The van der Waals surface area contributed by atoms with Gasteiger partial charge in [0.05, 0.1) is 6.61 Å². The van der Waals surface area contributed by atoms with E-state index in [4.69, 9.17) is 18.9 Å². The molecule has 0 bridgehead atoms. The Balaban J connectivity index is 1.46. The molecule has 3 aliphatic rings. The van der Waals surface area contributed by atoms with Gasteiger partial charge in [-0.25, -0.2) is 0 Å². The van der Waals surface area contributed by atoms with Crippen LogP contribution >= 0.6 is 11.8 Å². The van der Waals surface area contributed by atoms with Crippen molar-refractivity contribution in [2.24, 2.45) is 0 Å². The van der Waals surface area contributed by atoms with E-state index in [1.165, 1.54) is 0 Å². The highest BCUT2D eigenvalue weighted by atomic mass is 32.2. The summed E-state index contributed by atoms with van der Waals surface area (Å²) in [6, 6.07) is 10.0. The minimum absolute atomic E-state index is 0.00679. The number of fused-ring (bicyclic) bond motifs is 3. The van der Waals surface area contributed by atoms with E-state index in [1.54, 1.807) is 11.8 Å². The molecule has 4 nitrogen and oxygen atoms in total. The van der Waals surface area contributed by atoms with E-state index in [9.17, 15) is 0 Å². The molecule has 6 atom stereocenters. The van der Waals surface area contributed by atoms with Gasteiger partial charge in [-0.1, -0.05) is 37.3 Å². The number of ether oxygens (including phenoxy) is 4. The molecule has 1 aromatic carbocycles. The molecule has 3 aliphatic heterocycles. The smallest absolute Gasteiger partial charge is 0.184 e. The number of thioether (sulfide) groups is 1. The van der Waals surface area contributed by atoms with Gasteiger partial charge in [-0.15, -0.1) is 11.8 Å². The molecule has 0 spiro atoms. The molecule has 0 radical (unpaired) electrons. The van der Waals surface area contributed by atoms with Gasteiger partial charge in [-0.3, -0.25) is 0 Å². The summed E-state index contributed by atoms with van der Waals surface area (Å²) in [7, 11) is 0. The molecule has 3 saturated heterocycles. The predicted molar refractivity (Wildman–Crippen MR) is 75.5 cm³/mol. The second-order valence-electron chi connectivity index (χ2n) is 5.24. The number of epoxide rings is 1. The van der Waals surface area contributed by atoms with Crippen molar-refractivity contribution in [1.82, 2.24) is 0 Å². The lowest BCUT2D eigenvalue weighted by molar-refractivity contribution is -0.276. The third-order valence-electron chi connectivity index (χ3n) is 3.92. The highest BCUT2D eigenvalue weighted by Gasteiger charge is 2.60. The van der Waals surface area contributed by atoms with Gasteiger partial charge >= 0.3 is 0 Å². The van der Waals surface area contributed by atoms with Gasteiger partial charge in [0, 0.05) is 5.56 Å². The summed E-state index contributed by atoms with van der Waals surface area (Å²) in [6.07, 6.45) is 0.0420. The van der Waals surface area contributed by atoms with E-state index in [0.717, 1.165) is 11.3 Å². The zero-order valence-corrected chi connectivity index (χ0v) is 12.1. The average Bonchev–Trinajstić information content (AvgIpc) is 3.29. The minimum atomic E-state index is -0.304. The molecule has 108 valence electrons. The summed E-state index contributed by atoms with van der Waals surface area (Å²) in [4.78, 5) is 0. The fourth-order valence-corrected chi connectivity index (χ4v) is 3.86. The third kappa shape index (κ3) is 2.27. The molecule has 4 rings (SSSR count). The van der Waals surface area contributed by atoms with Crippen LogP contribution in [-0.4, -0.2) is 42.2 Å². The first-order valence-electron chi connectivity index (χ1n) is 7.11. The highest BCUT2D eigenvalue weighted by Crippen LogP contribution is 2.46. The van der Waals surface area contributed by atoms with Gasteiger partial charge < -0.3 is 18.9 Å². The van der Waals surface area contributed by atoms with Gasteiger partial charge in [0.2, 0.25) is 0 Å². The van der Waals surface area contributed by atoms with Gasteiger partial charge in [-0.2, -0.15) is 0 Å². The fraction of sp³-hybridized carbons (Fsp3) is 0.600. The largest absolute Gasteiger partial charge is 0.363 e. The van der Waals surface area contributed by atoms with Crippen molar-refractivity contribution >= 4 is 11.8 Å². The lowest BCUT2D eigenvalue weighted by atomic mass is 10.0. The first-order valence-corrected chi connectivity index (χ1v) is 8.16. The molecule has 0 N–H and O–H groups in total. The lowest BCUT2D eigenvalue weighted by Crippen LogP contribution is -2.51. The number of hydrogen-bond donors (Lipinski definition) is 0. The Labute approximate surface area is 122 Å². The van der Waals surface area contributed by atoms with Crippen LogP contribution in [-0.2, 0) is 18.9 Å². The monoisotopic (exact) mass is 294 g/mol. The minimum Gasteiger partial charge on any atom is -0.363 e. The second kappa shape index (κ2) is 5.31. The van der Waals surface area contributed by atoms with E-state index in [-0.39, 0.29) is 36.1 Å². The number of rotatable bonds is 3. The Morgan fingerprint density at radius 1 is 1.05 bits per heavy atom. The third-order valence-corrected chi connectivity index (χ3v) is 4.97. The summed E-state index contributed by atoms with van der Waals surface area (Å²) >= 11 is 1.80. The van der Waals surface area contributed by atoms with E-state index in [0.29, 0.717) is 6.61 Å². The second-order valence-corrected chi connectivity index (χ2v) is 6.62. The molecule has 5 heteroatoms. The maximum Gasteiger partial charge on any atom is 0.184 e. The Kier molecular flexibility index (Phi) is 3.48. The van der Waals surface area contributed by atoms with Gasteiger partial charge in [0.15, 0.2) is 6.29 Å². The molecule has 0 aliphatic carbocycles. The standard InChI is InChI=1S/C15H18O4S/c1-2-20-15-13-12(18-13)11-10(17-15)8-16-14(19-11)9-6-4-3-5-7-9/h3-7,10-15H,2,8H2,1H3/t10-,11-,12-,13-,14?,15+/m1/s1. The molecular formula is C15H18O4S. The van der Waals surface area contributed by atoms with Crippen molar-refractivity contribution in [1.29, 1.82) is 0 Å². The van der Waals surface area contributed by atoms with Gasteiger partial charge in [0.1, 0.15) is 29.9 Å². The molecule has 3 heterocycles. The SMILES string of the molecule is CCS[C@@H]1O[C@@H]2COC(c3ccccc3)O[C@H]2[C@H]2O[C@H]21. The number of hydrogen-bond acceptors (Lipinski definition) is 5. The van der Waals surface area contributed by atoms with Crippen molar-refractivity contribution in [3.8, 4) is 0 Å². The van der Waals surface area contributed by atoms with Crippen LogP contribution in [0.4, 0.5) is 0 Å². The highest BCUT2D eigenvalue weighted by molar-refractivity contribution is 7.99. The van der Waals surface area contributed by atoms with E-state index < -0.39 is 0 Å². The van der Waals surface area contributed by atoms with Crippen LogP contribution in [0.5, 0.6) is 0 Å². The summed E-state index contributed by atoms with van der Waals surface area (Å²) in [6.45, 7) is 2.70.